The molecule has 3 N–H and O–H groups in total. The normalized spacial score (nSPS) is 13.8. The second-order valence-corrected chi connectivity index (χ2v) is 8.39. The Morgan fingerprint density at radius 1 is 0.966 bits per heavy atom. The largest absolute Gasteiger partial charge is 0.376 e. The maximum Gasteiger partial charge on any atom is 0.253 e. The third-order valence-corrected chi connectivity index (χ3v) is 4.72. The highest BCUT2D eigenvalue weighted by Crippen LogP contribution is 2.22. The van der Waals surface area contributed by atoms with Gasteiger partial charge in [-0.15, -0.1) is 0 Å². The molecule has 6 heteroatoms. The number of amides is 2. The van der Waals surface area contributed by atoms with E-state index in [2.05, 4.69) is 20.9 Å². The van der Waals surface area contributed by atoms with Crippen molar-refractivity contribution >= 4 is 28.9 Å². The highest BCUT2D eigenvalue weighted by molar-refractivity contribution is 6.01. The summed E-state index contributed by atoms with van der Waals surface area (Å²) < 4.78 is 0. The van der Waals surface area contributed by atoms with Gasteiger partial charge in [-0.2, -0.15) is 0 Å². The van der Waals surface area contributed by atoms with Gasteiger partial charge in [0.15, 0.2) is 0 Å². The van der Waals surface area contributed by atoms with Gasteiger partial charge >= 0.3 is 0 Å². The number of nitrogens with zero attached hydrogens (tertiary/aromatic N) is 1. The average molecular weight is 395 g/mol. The summed E-state index contributed by atoms with van der Waals surface area (Å²) in [6.45, 7) is 8.07. The van der Waals surface area contributed by atoms with E-state index >= 15 is 0 Å². The molecule has 0 spiro atoms. The molecule has 1 aliphatic rings. The first-order valence-electron chi connectivity index (χ1n) is 10.1. The molecule has 0 radical (unpaired) electrons. The minimum Gasteiger partial charge on any atom is -0.376 e. The molecule has 0 atom stereocenters. The lowest BCUT2D eigenvalue weighted by atomic mass is 10.1. The number of carbonyl (C=O) groups excluding carboxylic acids is 2. The van der Waals surface area contributed by atoms with Gasteiger partial charge in [0.2, 0.25) is 5.91 Å². The van der Waals surface area contributed by atoms with Crippen LogP contribution in [0.25, 0.3) is 0 Å². The van der Waals surface area contributed by atoms with Gasteiger partial charge in [0.1, 0.15) is 0 Å². The number of carbonyl (C=O) groups is 2. The van der Waals surface area contributed by atoms with Crippen LogP contribution in [-0.2, 0) is 4.79 Å². The van der Waals surface area contributed by atoms with E-state index in [1.165, 1.54) is 18.5 Å². The fourth-order valence-electron chi connectivity index (χ4n) is 3.35. The summed E-state index contributed by atoms with van der Waals surface area (Å²) in [6, 6.07) is 15.1. The molecule has 2 aromatic carbocycles. The van der Waals surface area contributed by atoms with Crippen LogP contribution in [0.1, 0.15) is 44.0 Å². The molecule has 0 saturated carbocycles. The molecule has 1 fully saturated rings. The Labute approximate surface area is 172 Å². The SMILES string of the molecule is CC(C)(C)NC(=O)c1ccccc1NCC(=O)Nc1ccc(N2CCCC2)cc1. The van der Waals surface area contributed by atoms with Crippen molar-refractivity contribution in [2.75, 3.05) is 35.2 Å². The van der Waals surface area contributed by atoms with Crippen molar-refractivity contribution in [3.05, 3.63) is 54.1 Å². The van der Waals surface area contributed by atoms with Gasteiger partial charge in [-0.1, -0.05) is 12.1 Å². The maximum atomic E-state index is 12.5. The van der Waals surface area contributed by atoms with Gasteiger partial charge < -0.3 is 20.9 Å². The second-order valence-electron chi connectivity index (χ2n) is 8.39. The molecule has 0 bridgehead atoms. The number of rotatable bonds is 6. The van der Waals surface area contributed by atoms with Crippen LogP contribution >= 0.6 is 0 Å². The zero-order valence-electron chi connectivity index (χ0n) is 17.4. The predicted molar refractivity (Wildman–Crippen MR) is 119 cm³/mol. The molecule has 1 heterocycles. The first-order chi connectivity index (χ1) is 13.8. The van der Waals surface area contributed by atoms with E-state index in [1.54, 1.807) is 12.1 Å². The van der Waals surface area contributed by atoms with Crippen LogP contribution in [0.3, 0.4) is 0 Å². The zero-order chi connectivity index (χ0) is 20.9. The van der Waals surface area contributed by atoms with Crippen LogP contribution in [0, 0.1) is 0 Å². The van der Waals surface area contributed by atoms with Crippen molar-refractivity contribution in [2.45, 2.75) is 39.2 Å². The fourth-order valence-corrected chi connectivity index (χ4v) is 3.35. The lowest BCUT2D eigenvalue weighted by Crippen LogP contribution is -2.40. The van der Waals surface area contributed by atoms with Crippen LogP contribution in [0.5, 0.6) is 0 Å². The summed E-state index contributed by atoms with van der Waals surface area (Å²) >= 11 is 0. The molecule has 2 amide bonds. The highest BCUT2D eigenvalue weighted by Gasteiger charge is 2.18. The molecule has 2 aromatic rings. The van der Waals surface area contributed by atoms with Crippen LogP contribution in [0.2, 0.25) is 0 Å². The lowest BCUT2D eigenvalue weighted by molar-refractivity contribution is -0.114. The van der Waals surface area contributed by atoms with E-state index in [0.29, 0.717) is 11.3 Å². The van der Waals surface area contributed by atoms with Crippen LogP contribution in [-0.4, -0.2) is 37.0 Å². The standard InChI is InChI=1S/C23H30N4O2/c1-23(2,3)26-22(29)19-8-4-5-9-20(19)24-16-21(28)25-17-10-12-18(13-11-17)27-14-6-7-15-27/h4-5,8-13,24H,6-7,14-16H2,1-3H3,(H,25,28)(H,26,29). The van der Waals surface area contributed by atoms with Crippen molar-refractivity contribution in [1.29, 1.82) is 0 Å². The second kappa shape index (κ2) is 8.99. The van der Waals surface area contributed by atoms with E-state index < -0.39 is 0 Å². The molecule has 1 aliphatic heterocycles. The quantitative estimate of drug-likeness (QED) is 0.695. The van der Waals surface area contributed by atoms with Crippen LogP contribution in [0.4, 0.5) is 17.1 Å². The maximum absolute atomic E-state index is 12.5. The molecule has 0 aromatic heterocycles. The van der Waals surface area contributed by atoms with Gasteiger partial charge in [-0.3, -0.25) is 9.59 Å². The van der Waals surface area contributed by atoms with Gasteiger partial charge in [-0.05, 0) is 70.0 Å². The molecule has 1 saturated heterocycles. The van der Waals surface area contributed by atoms with Crippen molar-refractivity contribution < 1.29 is 9.59 Å². The minimum absolute atomic E-state index is 0.0771. The van der Waals surface area contributed by atoms with Crippen LogP contribution < -0.4 is 20.9 Å². The minimum atomic E-state index is -0.331. The number of anilines is 3. The number of benzene rings is 2. The third-order valence-electron chi connectivity index (χ3n) is 4.72. The Kier molecular flexibility index (Phi) is 6.42. The summed E-state index contributed by atoms with van der Waals surface area (Å²) in [4.78, 5) is 27.2. The summed E-state index contributed by atoms with van der Waals surface area (Å²) in [6.07, 6.45) is 2.47. The summed E-state index contributed by atoms with van der Waals surface area (Å²) in [5, 5.41) is 8.92. The van der Waals surface area contributed by atoms with E-state index in [-0.39, 0.29) is 23.9 Å². The van der Waals surface area contributed by atoms with E-state index in [4.69, 9.17) is 0 Å². The predicted octanol–water partition coefficient (Wildman–Crippen LogP) is 3.87. The fraction of sp³-hybridized carbons (Fsp3) is 0.391. The van der Waals surface area contributed by atoms with Crippen LogP contribution in [0.15, 0.2) is 48.5 Å². The van der Waals surface area contributed by atoms with Crippen molar-refractivity contribution in [2.24, 2.45) is 0 Å². The topological polar surface area (TPSA) is 73.5 Å². The molecular formula is C23H30N4O2. The molecule has 0 aliphatic carbocycles. The molecule has 154 valence electrons. The third kappa shape index (κ3) is 5.98. The average Bonchev–Trinajstić information content (AvgIpc) is 3.20. The molecule has 6 nitrogen and oxygen atoms in total. The lowest BCUT2D eigenvalue weighted by Gasteiger charge is -2.21. The van der Waals surface area contributed by atoms with Crippen molar-refractivity contribution in [1.82, 2.24) is 5.32 Å². The van der Waals surface area contributed by atoms with Gasteiger partial charge in [0.25, 0.3) is 5.91 Å². The Morgan fingerprint density at radius 3 is 2.28 bits per heavy atom. The highest BCUT2D eigenvalue weighted by atomic mass is 16.2. The first-order valence-corrected chi connectivity index (χ1v) is 10.1. The van der Waals surface area contributed by atoms with Gasteiger partial charge in [-0.25, -0.2) is 0 Å². The molecule has 0 unspecified atom stereocenters. The Bertz CT molecular complexity index is 850. The monoisotopic (exact) mass is 394 g/mol. The summed E-state index contributed by atoms with van der Waals surface area (Å²) in [5.41, 5.74) is 2.78. The van der Waals surface area contributed by atoms with E-state index in [0.717, 1.165) is 18.8 Å². The summed E-state index contributed by atoms with van der Waals surface area (Å²) in [7, 11) is 0. The molecule has 3 rings (SSSR count). The van der Waals surface area contributed by atoms with E-state index in [9.17, 15) is 9.59 Å². The number of hydrogen-bond donors (Lipinski definition) is 3. The zero-order valence-corrected chi connectivity index (χ0v) is 17.4. The van der Waals surface area contributed by atoms with Gasteiger partial charge in [0.05, 0.1) is 12.1 Å². The van der Waals surface area contributed by atoms with Gasteiger partial charge in [0, 0.05) is 35.7 Å². The Hall–Kier alpha value is -3.02. The number of nitrogens with one attached hydrogen (secondary N) is 3. The first kappa shape index (κ1) is 20.7. The van der Waals surface area contributed by atoms with Crippen molar-refractivity contribution in [3.63, 3.8) is 0 Å². The molecular weight excluding hydrogens is 364 g/mol. The molecule has 29 heavy (non-hydrogen) atoms. The smallest absolute Gasteiger partial charge is 0.253 e. The van der Waals surface area contributed by atoms with E-state index in [1.807, 2.05) is 57.2 Å². The Morgan fingerprint density at radius 2 is 1.62 bits per heavy atom. The summed E-state index contributed by atoms with van der Waals surface area (Å²) in [5.74, 6) is -0.330. The number of hydrogen-bond acceptors (Lipinski definition) is 4. The van der Waals surface area contributed by atoms with Crippen molar-refractivity contribution in [3.8, 4) is 0 Å². The Balaban J connectivity index is 1.56. The number of para-hydroxylation sites is 1.